The lowest BCUT2D eigenvalue weighted by Crippen LogP contribution is -2.56. The number of amides is 1. The largest absolute Gasteiger partial charge is 0.492 e. The second-order valence-electron chi connectivity index (χ2n) is 20.7. The number of aliphatic hydroxyl groups excluding tert-OH is 1. The molecule has 8 atom stereocenters. The number of benzene rings is 1. The van der Waals surface area contributed by atoms with Crippen LogP contribution in [0.3, 0.4) is 0 Å². The maximum absolute atomic E-state index is 16.2. The molecule has 67 heavy (non-hydrogen) atoms. The number of aromatic nitrogens is 1. The van der Waals surface area contributed by atoms with Crippen LogP contribution in [0.15, 0.2) is 40.9 Å². The number of halogens is 1. The van der Waals surface area contributed by atoms with Crippen molar-refractivity contribution in [3.05, 3.63) is 57.7 Å². The Balaban J connectivity index is 0.840. The molecule has 2 aromatic rings. The van der Waals surface area contributed by atoms with Gasteiger partial charge in [-0.05, 0) is 108 Å². The van der Waals surface area contributed by atoms with Crippen molar-refractivity contribution >= 4 is 52.2 Å². The minimum Gasteiger partial charge on any atom is -0.492 e. The van der Waals surface area contributed by atoms with Gasteiger partial charge >= 0.3 is 24.0 Å². The summed E-state index contributed by atoms with van der Waals surface area (Å²) in [4.78, 5) is 94.4. The lowest BCUT2D eigenvalue weighted by molar-refractivity contribution is -0.157. The molecular weight excluding hydrogens is 870 g/mol. The zero-order valence-electron chi connectivity index (χ0n) is 39.4. The minimum atomic E-state index is -1.10. The molecule has 0 bridgehead atoms. The highest BCUT2D eigenvalue weighted by Gasteiger charge is 2.62. The maximum Gasteiger partial charge on any atom is 0.410 e. The second kappa shape index (κ2) is 18.1. The highest BCUT2D eigenvalue weighted by atomic mass is 19.1. The first kappa shape index (κ1) is 47.9. The van der Waals surface area contributed by atoms with Crippen LogP contribution in [0.2, 0.25) is 0 Å². The van der Waals surface area contributed by atoms with E-state index in [2.05, 4.69) is 13.8 Å². The average molecular weight is 932 g/mol. The lowest BCUT2D eigenvalue weighted by atomic mass is 9.46. The van der Waals surface area contributed by atoms with E-state index in [1.807, 2.05) is 13.0 Å². The number of methoxy groups -OCH3 is 1. The van der Waals surface area contributed by atoms with Gasteiger partial charge < -0.3 is 43.2 Å². The summed E-state index contributed by atoms with van der Waals surface area (Å²) in [5.41, 5.74) is -1.30. The molecule has 1 aliphatic heterocycles. The number of carbonyl (C=O) groups is 6. The Morgan fingerprint density at radius 1 is 0.955 bits per heavy atom. The first-order valence-electron chi connectivity index (χ1n) is 23.5. The van der Waals surface area contributed by atoms with Crippen LogP contribution in [-0.4, -0.2) is 108 Å². The number of anilines is 1. The van der Waals surface area contributed by atoms with Crippen LogP contribution in [0.4, 0.5) is 14.9 Å². The van der Waals surface area contributed by atoms with E-state index < -0.39 is 95.5 Å². The molecule has 0 radical (unpaired) electrons. The standard InChI is InChI=1S/C50H62FN3O13/c1-27-23-52(18-19-53(27)47(62)67-48(2,3)4)43-36(51)21-32-42(45(43)63-7)54(29-9-10-29)24-33(44(32)60)46(61)66-26-65-40(59)15-14-39(58)64-25-38(57)35-13-12-34-31-11-8-28-20-30(55)16-17-49(28,5)41(31)37(56)22-50(34,35)6/h16-17,20-21,24,27,29,31,34-35,37,41,56H,8-15,18-19,22-23,25-26H2,1-7H3. The van der Waals surface area contributed by atoms with Gasteiger partial charge in [0.2, 0.25) is 12.2 Å². The van der Waals surface area contributed by atoms with E-state index in [0.717, 1.165) is 43.7 Å². The summed E-state index contributed by atoms with van der Waals surface area (Å²) in [6.07, 6.45) is 9.54. The van der Waals surface area contributed by atoms with Crippen molar-refractivity contribution in [3.63, 3.8) is 0 Å². The van der Waals surface area contributed by atoms with Gasteiger partial charge in [-0.1, -0.05) is 25.5 Å². The number of nitrogens with zero attached hydrogens (tertiary/aromatic N) is 3. The number of esters is 3. The van der Waals surface area contributed by atoms with E-state index in [0.29, 0.717) is 18.4 Å². The number of hydrogen-bond donors (Lipinski definition) is 1. The van der Waals surface area contributed by atoms with Gasteiger partial charge in [0, 0.05) is 55.2 Å². The van der Waals surface area contributed by atoms with E-state index in [1.54, 1.807) is 47.3 Å². The van der Waals surface area contributed by atoms with E-state index in [9.17, 15) is 38.7 Å². The highest BCUT2D eigenvalue weighted by Crippen LogP contribution is 2.66. The van der Waals surface area contributed by atoms with Crippen molar-refractivity contribution in [3.8, 4) is 5.75 Å². The Morgan fingerprint density at radius 3 is 2.34 bits per heavy atom. The third-order valence-corrected chi connectivity index (χ3v) is 15.3. The first-order valence-corrected chi connectivity index (χ1v) is 23.5. The Labute approximate surface area is 388 Å². The van der Waals surface area contributed by atoms with Crippen molar-refractivity contribution in [1.82, 2.24) is 9.47 Å². The first-order chi connectivity index (χ1) is 31.6. The van der Waals surface area contributed by atoms with E-state index in [1.165, 1.54) is 13.3 Å². The van der Waals surface area contributed by atoms with Gasteiger partial charge in [0.25, 0.3) is 0 Å². The van der Waals surface area contributed by atoms with Gasteiger partial charge in [-0.2, -0.15) is 0 Å². The Morgan fingerprint density at radius 2 is 1.67 bits per heavy atom. The SMILES string of the molecule is COc1c(N2CCN(C(=O)OC(C)(C)C)C(C)C2)c(F)cc2c(=O)c(C(=O)OCOC(=O)CCC(=O)OCC(=O)C3CCC4C5CCC6=CC(=O)C=CC6(C)C5C(O)CC34C)cn(C3CC3)c12. The number of ketones is 2. The van der Waals surface area contributed by atoms with Crippen molar-refractivity contribution in [2.24, 2.45) is 34.5 Å². The fourth-order valence-electron chi connectivity index (χ4n) is 12.2. The number of piperazine rings is 1. The summed E-state index contributed by atoms with van der Waals surface area (Å²) in [7, 11) is 1.38. The van der Waals surface area contributed by atoms with Crippen LogP contribution in [0.1, 0.15) is 116 Å². The molecule has 1 N–H and O–H groups in total. The summed E-state index contributed by atoms with van der Waals surface area (Å²) < 4.78 is 44.8. The number of allylic oxidation sites excluding steroid dienone is 4. The molecule has 2 heterocycles. The number of aliphatic hydroxyl groups is 1. The molecule has 1 saturated heterocycles. The molecule has 362 valence electrons. The molecule has 1 aromatic heterocycles. The number of hydrogen-bond acceptors (Lipinski definition) is 14. The van der Waals surface area contributed by atoms with Crippen molar-refractivity contribution < 1.29 is 61.9 Å². The molecule has 8 rings (SSSR count). The second-order valence-corrected chi connectivity index (χ2v) is 20.7. The van der Waals surface area contributed by atoms with Crippen molar-refractivity contribution in [2.45, 2.75) is 123 Å². The lowest BCUT2D eigenvalue weighted by Gasteiger charge is -2.58. The summed E-state index contributed by atoms with van der Waals surface area (Å²) in [6.45, 7) is 10.8. The zero-order valence-corrected chi connectivity index (χ0v) is 39.4. The fourth-order valence-corrected chi connectivity index (χ4v) is 12.2. The fraction of sp³-hybridized carbons (Fsp3) is 0.620. The topological polar surface area (TPSA) is 197 Å². The molecule has 6 aliphatic rings. The third kappa shape index (κ3) is 9.11. The van der Waals surface area contributed by atoms with Gasteiger partial charge in [0.15, 0.2) is 23.1 Å². The van der Waals surface area contributed by atoms with Crippen LogP contribution >= 0.6 is 0 Å². The normalized spacial score (nSPS) is 29.0. The molecule has 17 heteroatoms. The van der Waals surface area contributed by atoms with Gasteiger partial charge in [0.05, 0.1) is 37.0 Å². The van der Waals surface area contributed by atoms with E-state index in [-0.39, 0.29) is 77.9 Å². The zero-order chi connectivity index (χ0) is 48.3. The van der Waals surface area contributed by atoms with Crippen LogP contribution < -0.4 is 15.1 Å². The molecule has 0 spiro atoms. The number of fused-ring (bicyclic) bond motifs is 6. The molecule has 4 saturated carbocycles. The number of Topliss-reactive ketones (excluding diaryl/α,β-unsaturated/α-hetero) is 1. The van der Waals surface area contributed by atoms with Crippen LogP contribution in [0.25, 0.3) is 10.9 Å². The van der Waals surface area contributed by atoms with Gasteiger partial charge in [-0.25, -0.2) is 14.0 Å². The Hall–Kier alpha value is -5.58. The predicted octanol–water partition coefficient (Wildman–Crippen LogP) is 6.37. The molecule has 5 aliphatic carbocycles. The van der Waals surface area contributed by atoms with Gasteiger partial charge in [0.1, 0.15) is 23.5 Å². The van der Waals surface area contributed by atoms with Crippen molar-refractivity contribution in [1.29, 1.82) is 0 Å². The Kier molecular flexibility index (Phi) is 13.0. The van der Waals surface area contributed by atoms with Gasteiger partial charge in [-0.15, -0.1) is 0 Å². The molecule has 1 aromatic carbocycles. The molecule has 5 fully saturated rings. The summed E-state index contributed by atoms with van der Waals surface area (Å²) in [5.74, 6) is -3.79. The van der Waals surface area contributed by atoms with Gasteiger partial charge in [-0.3, -0.25) is 24.0 Å². The monoisotopic (exact) mass is 931 g/mol. The molecular formula is C50H62FN3O13. The predicted molar refractivity (Wildman–Crippen MR) is 241 cm³/mol. The number of carbonyl (C=O) groups excluding carboxylic acids is 6. The minimum absolute atomic E-state index is 0.0294. The quantitative estimate of drug-likeness (QED) is 0.140. The molecule has 1 amide bonds. The smallest absolute Gasteiger partial charge is 0.410 e. The summed E-state index contributed by atoms with van der Waals surface area (Å²) in [5, 5.41) is 11.5. The molecule has 8 unspecified atom stereocenters. The number of rotatable bonds is 12. The number of pyridine rings is 1. The number of ether oxygens (including phenoxy) is 5. The molecule has 16 nitrogen and oxygen atoms in total. The van der Waals surface area contributed by atoms with Crippen LogP contribution in [-0.2, 0) is 38.1 Å². The van der Waals surface area contributed by atoms with Crippen LogP contribution in [0.5, 0.6) is 5.75 Å². The van der Waals surface area contributed by atoms with E-state index >= 15 is 4.39 Å². The Bertz CT molecular complexity index is 2500. The summed E-state index contributed by atoms with van der Waals surface area (Å²) in [6, 6.07) is 0.621. The van der Waals surface area contributed by atoms with E-state index in [4.69, 9.17) is 23.7 Å². The van der Waals surface area contributed by atoms with Crippen molar-refractivity contribution in [2.75, 3.05) is 45.0 Å². The summed E-state index contributed by atoms with van der Waals surface area (Å²) >= 11 is 0. The maximum atomic E-state index is 16.2. The average Bonchev–Trinajstić information content (AvgIpc) is 4.05. The third-order valence-electron chi connectivity index (χ3n) is 15.3. The highest BCUT2D eigenvalue weighted by molar-refractivity contribution is 6.01. The van der Waals surface area contributed by atoms with Crippen LogP contribution in [0, 0.1) is 40.3 Å².